The maximum absolute atomic E-state index is 12.6. The molecular formula is C26H34N6O2S. The summed E-state index contributed by atoms with van der Waals surface area (Å²) < 4.78 is 21.8. The lowest BCUT2D eigenvalue weighted by atomic mass is 10.1. The first kappa shape index (κ1) is 25.1. The van der Waals surface area contributed by atoms with Crippen LogP contribution in [0.4, 0.5) is 23.1 Å². The summed E-state index contributed by atoms with van der Waals surface area (Å²) in [6, 6.07) is 15.4. The SMILES string of the molecule is Cc1cnc(Nc2ccc(OC3CCNCC3)cc2)nc1Nc1cccc(S(=O)NC(C)(C)C)c1. The van der Waals surface area contributed by atoms with Crippen LogP contribution < -0.4 is 25.4 Å². The Labute approximate surface area is 209 Å². The van der Waals surface area contributed by atoms with Gasteiger partial charge in [-0.2, -0.15) is 4.98 Å². The van der Waals surface area contributed by atoms with Crippen LogP contribution in [0.2, 0.25) is 0 Å². The highest BCUT2D eigenvalue weighted by Gasteiger charge is 2.16. The molecule has 4 rings (SSSR count). The quantitative estimate of drug-likeness (QED) is 0.356. The number of aryl methyl sites for hydroxylation is 1. The van der Waals surface area contributed by atoms with Gasteiger partial charge in [0.1, 0.15) is 28.7 Å². The Bertz CT molecular complexity index is 1160. The molecule has 1 saturated heterocycles. The molecule has 0 saturated carbocycles. The normalized spacial score (nSPS) is 15.4. The van der Waals surface area contributed by atoms with Crippen molar-refractivity contribution in [2.75, 3.05) is 23.7 Å². The highest BCUT2D eigenvalue weighted by molar-refractivity contribution is 7.83. The van der Waals surface area contributed by atoms with Gasteiger partial charge in [0, 0.05) is 28.7 Å². The summed E-state index contributed by atoms with van der Waals surface area (Å²) in [5, 5.41) is 9.94. The third-order valence-electron chi connectivity index (χ3n) is 5.38. The number of benzene rings is 2. The van der Waals surface area contributed by atoms with Gasteiger partial charge >= 0.3 is 0 Å². The van der Waals surface area contributed by atoms with Crippen molar-refractivity contribution in [3.05, 3.63) is 60.3 Å². The minimum absolute atomic E-state index is 0.254. The van der Waals surface area contributed by atoms with Gasteiger partial charge in [0.25, 0.3) is 0 Å². The molecule has 2 aromatic carbocycles. The van der Waals surface area contributed by atoms with Gasteiger partial charge in [0.05, 0.1) is 4.90 Å². The van der Waals surface area contributed by atoms with Gasteiger partial charge in [-0.05, 0) is 96.1 Å². The number of nitrogens with one attached hydrogen (secondary N) is 4. The minimum atomic E-state index is -1.31. The zero-order valence-corrected chi connectivity index (χ0v) is 21.5. The number of ether oxygens (including phenoxy) is 1. The van der Waals surface area contributed by atoms with E-state index in [4.69, 9.17) is 4.74 Å². The lowest BCUT2D eigenvalue weighted by Gasteiger charge is -2.23. The molecule has 35 heavy (non-hydrogen) atoms. The van der Waals surface area contributed by atoms with E-state index in [-0.39, 0.29) is 11.6 Å². The molecule has 2 heterocycles. The van der Waals surface area contributed by atoms with Gasteiger partial charge in [0.15, 0.2) is 0 Å². The van der Waals surface area contributed by atoms with Crippen LogP contribution >= 0.6 is 0 Å². The fourth-order valence-electron chi connectivity index (χ4n) is 3.64. The third-order valence-corrected chi connectivity index (χ3v) is 6.86. The van der Waals surface area contributed by atoms with Crippen LogP contribution in [0.1, 0.15) is 39.2 Å². The van der Waals surface area contributed by atoms with Gasteiger partial charge in [-0.15, -0.1) is 0 Å². The number of aromatic nitrogens is 2. The summed E-state index contributed by atoms with van der Waals surface area (Å²) in [5.74, 6) is 2.03. The fourth-order valence-corrected chi connectivity index (χ4v) is 4.75. The zero-order chi connectivity index (χ0) is 24.8. The molecule has 1 aliphatic heterocycles. The Hall–Kier alpha value is -3.01. The zero-order valence-electron chi connectivity index (χ0n) is 20.7. The molecule has 1 atom stereocenters. The maximum atomic E-state index is 12.6. The molecule has 1 unspecified atom stereocenters. The Morgan fingerprint density at radius 2 is 1.77 bits per heavy atom. The van der Waals surface area contributed by atoms with Crippen LogP contribution in [-0.4, -0.2) is 38.9 Å². The molecule has 9 heteroatoms. The lowest BCUT2D eigenvalue weighted by Crippen LogP contribution is -2.37. The van der Waals surface area contributed by atoms with Crippen molar-refractivity contribution in [2.45, 2.75) is 57.1 Å². The van der Waals surface area contributed by atoms with Gasteiger partial charge in [-0.1, -0.05) is 6.07 Å². The third kappa shape index (κ3) is 7.48. The van der Waals surface area contributed by atoms with Crippen molar-refractivity contribution in [1.29, 1.82) is 0 Å². The molecule has 0 bridgehead atoms. The van der Waals surface area contributed by atoms with E-state index in [1.807, 2.05) is 76.2 Å². The van der Waals surface area contributed by atoms with E-state index >= 15 is 0 Å². The van der Waals surface area contributed by atoms with Crippen molar-refractivity contribution in [3.8, 4) is 5.75 Å². The minimum Gasteiger partial charge on any atom is -0.490 e. The largest absolute Gasteiger partial charge is 0.490 e. The number of rotatable bonds is 8. The first-order chi connectivity index (χ1) is 16.7. The summed E-state index contributed by atoms with van der Waals surface area (Å²) in [5.41, 5.74) is 2.33. The standard InChI is InChI=1S/C26H34N6O2S/c1-18-17-28-25(30-19-8-10-21(11-9-19)34-22-12-14-27-15-13-22)31-24(18)29-20-6-5-7-23(16-20)35(33)32-26(2,3)4/h5-11,16-17,22,27,32H,12-15H2,1-4H3,(H2,28,29,30,31). The monoisotopic (exact) mass is 494 g/mol. The smallest absolute Gasteiger partial charge is 0.229 e. The molecule has 4 N–H and O–H groups in total. The van der Waals surface area contributed by atoms with Crippen LogP contribution in [0.3, 0.4) is 0 Å². The number of hydrogen-bond acceptors (Lipinski definition) is 7. The maximum Gasteiger partial charge on any atom is 0.229 e. The first-order valence-corrected chi connectivity index (χ1v) is 13.0. The number of hydrogen-bond donors (Lipinski definition) is 4. The van der Waals surface area contributed by atoms with Gasteiger partial charge < -0.3 is 20.7 Å². The van der Waals surface area contributed by atoms with E-state index in [9.17, 15) is 4.21 Å². The average Bonchev–Trinajstić information content (AvgIpc) is 2.82. The molecule has 1 fully saturated rings. The molecule has 1 aromatic heterocycles. The fraction of sp³-hybridized carbons (Fsp3) is 0.385. The van der Waals surface area contributed by atoms with Crippen molar-refractivity contribution >= 4 is 34.1 Å². The number of anilines is 4. The Balaban J connectivity index is 1.42. The summed E-state index contributed by atoms with van der Waals surface area (Å²) in [6.45, 7) is 9.91. The van der Waals surface area contributed by atoms with E-state index < -0.39 is 11.0 Å². The van der Waals surface area contributed by atoms with Gasteiger partial charge in [-0.3, -0.25) is 0 Å². The van der Waals surface area contributed by atoms with Gasteiger partial charge in [-0.25, -0.2) is 13.9 Å². The van der Waals surface area contributed by atoms with Gasteiger partial charge in [0.2, 0.25) is 5.95 Å². The molecule has 3 aromatic rings. The highest BCUT2D eigenvalue weighted by Crippen LogP contribution is 2.24. The van der Waals surface area contributed by atoms with Crippen LogP contribution in [-0.2, 0) is 11.0 Å². The van der Waals surface area contributed by atoms with E-state index in [0.717, 1.165) is 48.6 Å². The second-order valence-corrected chi connectivity index (χ2v) is 10.9. The molecule has 1 aliphatic rings. The Kier molecular flexibility index (Phi) is 8.00. The van der Waals surface area contributed by atoms with Crippen LogP contribution in [0.5, 0.6) is 5.75 Å². The molecule has 8 nitrogen and oxygen atoms in total. The summed E-state index contributed by atoms with van der Waals surface area (Å²) in [7, 11) is -1.31. The number of nitrogens with zero attached hydrogens (tertiary/aromatic N) is 2. The molecular weight excluding hydrogens is 460 g/mol. The number of piperidine rings is 1. The van der Waals surface area contributed by atoms with Crippen LogP contribution in [0, 0.1) is 6.92 Å². The average molecular weight is 495 g/mol. The first-order valence-electron chi connectivity index (χ1n) is 11.9. The second kappa shape index (κ2) is 11.2. The summed E-state index contributed by atoms with van der Waals surface area (Å²) >= 11 is 0. The van der Waals surface area contributed by atoms with E-state index in [1.54, 1.807) is 6.20 Å². The predicted molar refractivity (Wildman–Crippen MR) is 142 cm³/mol. The molecule has 0 amide bonds. The molecule has 0 spiro atoms. The summed E-state index contributed by atoms with van der Waals surface area (Å²) in [4.78, 5) is 9.76. The lowest BCUT2D eigenvalue weighted by molar-refractivity contribution is 0.162. The topological polar surface area (TPSA) is 100 Å². The van der Waals surface area contributed by atoms with Crippen molar-refractivity contribution in [3.63, 3.8) is 0 Å². The molecule has 0 radical (unpaired) electrons. The second-order valence-electron chi connectivity index (χ2n) is 9.72. The Morgan fingerprint density at radius 1 is 1.03 bits per heavy atom. The predicted octanol–water partition coefficient (Wildman–Crippen LogP) is 4.81. The van der Waals surface area contributed by atoms with Crippen LogP contribution in [0.25, 0.3) is 0 Å². The van der Waals surface area contributed by atoms with Crippen molar-refractivity contribution < 1.29 is 8.95 Å². The molecule has 186 valence electrons. The Morgan fingerprint density at radius 3 is 2.49 bits per heavy atom. The van der Waals surface area contributed by atoms with E-state index in [0.29, 0.717) is 16.7 Å². The summed E-state index contributed by atoms with van der Waals surface area (Å²) in [6.07, 6.45) is 4.09. The van der Waals surface area contributed by atoms with Crippen molar-refractivity contribution in [1.82, 2.24) is 20.0 Å². The highest BCUT2D eigenvalue weighted by atomic mass is 32.2. The van der Waals surface area contributed by atoms with Crippen molar-refractivity contribution in [2.24, 2.45) is 0 Å². The van der Waals surface area contributed by atoms with Crippen LogP contribution in [0.15, 0.2) is 59.6 Å². The van der Waals surface area contributed by atoms with E-state index in [2.05, 4.69) is 30.6 Å². The molecule has 0 aliphatic carbocycles. The van der Waals surface area contributed by atoms with E-state index in [1.165, 1.54) is 0 Å².